The first-order valence-electron chi connectivity index (χ1n) is 10.7. The summed E-state index contributed by atoms with van der Waals surface area (Å²) < 4.78 is 0. The van der Waals surface area contributed by atoms with Crippen LogP contribution in [0.1, 0.15) is 83.1 Å². The van der Waals surface area contributed by atoms with Gasteiger partial charge < -0.3 is 10.2 Å². The molecule has 2 nitrogen and oxygen atoms in total. The second-order valence-electron chi connectivity index (χ2n) is 10.3. The summed E-state index contributed by atoms with van der Waals surface area (Å²) >= 11 is 0. The van der Waals surface area contributed by atoms with E-state index in [4.69, 9.17) is 0 Å². The van der Waals surface area contributed by atoms with Gasteiger partial charge in [0.2, 0.25) is 0 Å². The molecule has 2 aromatic rings. The second kappa shape index (κ2) is 7.13. The Kier molecular flexibility index (Phi) is 5.29. The van der Waals surface area contributed by atoms with Crippen LogP contribution < -0.4 is 0 Å². The second-order valence-corrected chi connectivity index (χ2v) is 10.3. The van der Waals surface area contributed by atoms with Gasteiger partial charge >= 0.3 is 0 Å². The molecule has 0 bridgehead atoms. The molecule has 1 aliphatic rings. The van der Waals surface area contributed by atoms with Gasteiger partial charge in [0.15, 0.2) is 0 Å². The lowest BCUT2D eigenvalue weighted by Gasteiger charge is -2.53. The zero-order valence-corrected chi connectivity index (χ0v) is 18.4. The lowest BCUT2D eigenvalue weighted by molar-refractivity contribution is 0.0626. The van der Waals surface area contributed by atoms with Crippen molar-refractivity contribution < 1.29 is 10.2 Å². The highest BCUT2D eigenvalue weighted by Gasteiger charge is 2.49. The number of hydrogen-bond donors (Lipinski definition) is 2. The minimum absolute atomic E-state index is 0.125. The van der Waals surface area contributed by atoms with Crippen LogP contribution in [0.4, 0.5) is 0 Å². The highest BCUT2D eigenvalue weighted by molar-refractivity contribution is 5.49. The van der Waals surface area contributed by atoms with Gasteiger partial charge in [0.1, 0.15) is 11.5 Å². The lowest BCUT2D eigenvalue weighted by Crippen LogP contribution is -2.45. The summed E-state index contributed by atoms with van der Waals surface area (Å²) in [6.45, 7) is 13.7. The molecule has 0 amide bonds. The molecule has 2 heteroatoms. The molecule has 2 N–H and O–H groups in total. The first-order chi connectivity index (χ1) is 13.0. The van der Waals surface area contributed by atoms with Gasteiger partial charge in [-0.3, -0.25) is 0 Å². The van der Waals surface area contributed by atoms with Crippen LogP contribution >= 0.6 is 0 Å². The van der Waals surface area contributed by atoms with E-state index in [1.165, 1.54) is 17.5 Å². The SMILES string of the molecule is CCc1cc(C2(c3ccc(O)c(CC)c3)CC(C)(C)CC(C)(C)C2)ccc1O. The maximum Gasteiger partial charge on any atom is 0.118 e. The summed E-state index contributed by atoms with van der Waals surface area (Å²) in [5, 5.41) is 20.6. The van der Waals surface area contributed by atoms with E-state index >= 15 is 0 Å². The molecule has 2 aromatic carbocycles. The minimum atomic E-state index is -0.125. The number of phenols is 2. The van der Waals surface area contributed by atoms with Crippen LogP contribution in [0.15, 0.2) is 36.4 Å². The largest absolute Gasteiger partial charge is 0.508 e. The Hall–Kier alpha value is -1.96. The maximum atomic E-state index is 10.3. The minimum Gasteiger partial charge on any atom is -0.508 e. The van der Waals surface area contributed by atoms with Gasteiger partial charge in [0, 0.05) is 5.41 Å². The molecule has 0 radical (unpaired) electrons. The van der Waals surface area contributed by atoms with E-state index in [-0.39, 0.29) is 16.2 Å². The topological polar surface area (TPSA) is 40.5 Å². The van der Waals surface area contributed by atoms with E-state index in [2.05, 4.69) is 65.8 Å². The summed E-state index contributed by atoms with van der Waals surface area (Å²) in [4.78, 5) is 0. The maximum absolute atomic E-state index is 10.3. The number of hydrogen-bond acceptors (Lipinski definition) is 2. The summed E-state index contributed by atoms with van der Waals surface area (Å²) in [6, 6.07) is 12.4. The van der Waals surface area contributed by atoms with Crippen LogP contribution in [0.5, 0.6) is 11.5 Å². The zero-order chi connectivity index (χ0) is 20.7. The van der Waals surface area contributed by atoms with Gasteiger partial charge in [-0.05, 0) is 77.3 Å². The van der Waals surface area contributed by atoms with E-state index < -0.39 is 0 Å². The fourth-order valence-electron chi connectivity index (χ4n) is 6.02. The van der Waals surface area contributed by atoms with Crippen LogP contribution in [-0.4, -0.2) is 10.2 Å². The van der Waals surface area contributed by atoms with Crippen molar-refractivity contribution >= 4 is 0 Å². The number of phenolic OH excluding ortho intramolecular Hbond substituents is 2. The molecule has 0 heterocycles. The normalized spacial score (nSPS) is 20.1. The van der Waals surface area contributed by atoms with Crippen molar-refractivity contribution in [3.05, 3.63) is 58.7 Å². The molecule has 1 saturated carbocycles. The number of rotatable bonds is 4. The summed E-state index contributed by atoms with van der Waals surface area (Å²) in [5.41, 5.74) is 4.87. The highest BCUT2D eigenvalue weighted by atomic mass is 16.3. The quantitative estimate of drug-likeness (QED) is 0.616. The fourth-order valence-corrected chi connectivity index (χ4v) is 6.02. The summed E-state index contributed by atoms with van der Waals surface area (Å²) in [5.74, 6) is 0.770. The fraction of sp³-hybridized carbons (Fsp3) is 0.538. The van der Waals surface area contributed by atoms with Crippen LogP contribution in [-0.2, 0) is 18.3 Å². The first kappa shape index (κ1) is 20.8. The predicted octanol–water partition coefficient (Wildman–Crippen LogP) is 6.75. The standard InChI is InChI=1S/C26H36O2/c1-7-18-13-20(9-11-22(18)27)26(16-24(3,4)15-25(5,6)17-26)21-10-12-23(28)19(8-2)14-21/h9-14,27-28H,7-8,15-17H2,1-6H3. The van der Waals surface area contributed by atoms with Gasteiger partial charge in [-0.25, -0.2) is 0 Å². The lowest BCUT2D eigenvalue weighted by atomic mass is 9.51. The predicted molar refractivity (Wildman–Crippen MR) is 117 cm³/mol. The van der Waals surface area contributed by atoms with Crippen molar-refractivity contribution in [1.82, 2.24) is 0 Å². The number of aromatic hydroxyl groups is 2. The van der Waals surface area contributed by atoms with E-state index in [0.717, 1.165) is 36.8 Å². The van der Waals surface area contributed by atoms with Crippen LogP contribution in [0.2, 0.25) is 0 Å². The molecule has 1 fully saturated rings. The molecule has 28 heavy (non-hydrogen) atoms. The van der Waals surface area contributed by atoms with Gasteiger partial charge in [-0.15, -0.1) is 0 Å². The van der Waals surface area contributed by atoms with Crippen LogP contribution in [0.25, 0.3) is 0 Å². The van der Waals surface area contributed by atoms with E-state index in [1.807, 2.05) is 12.1 Å². The molecular weight excluding hydrogens is 344 g/mol. The summed E-state index contributed by atoms with van der Waals surface area (Å²) in [7, 11) is 0. The van der Waals surface area contributed by atoms with Crippen molar-refractivity contribution in [2.75, 3.05) is 0 Å². The molecule has 3 rings (SSSR count). The smallest absolute Gasteiger partial charge is 0.118 e. The average Bonchev–Trinajstić information content (AvgIpc) is 2.59. The van der Waals surface area contributed by atoms with E-state index in [0.29, 0.717) is 11.5 Å². The average molecular weight is 381 g/mol. The van der Waals surface area contributed by atoms with E-state index in [1.54, 1.807) is 0 Å². The molecule has 0 aliphatic heterocycles. The van der Waals surface area contributed by atoms with Gasteiger partial charge in [-0.2, -0.15) is 0 Å². The van der Waals surface area contributed by atoms with E-state index in [9.17, 15) is 10.2 Å². The van der Waals surface area contributed by atoms with Gasteiger partial charge in [0.05, 0.1) is 0 Å². The van der Waals surface area contributed by atoms with Gasteiger partial charge in [-0.1, -0.05) is 65.8 Å². The Bertz CT molecular complexity index is 789. The third kappa shape index (κ3) is 3.79. The third-order valence-electron chi connectivity index (χ3n) is 6.54. The van der Waals surface area contributed by atoms with Crippen LogP contribution in [0, 0.1) is 10.8 Å². The Morgan fingerprint density at radius 2 is 1.07 bits per heavy atom. The van der Waals surface area contributed by atoms with Crippen molar-refractivity contribution in [2.45, 2.75) is 79.1 Å². The Morgan fingerprint density at radius 3 is 1.43 bits per heavy atom. The Labute approximate surface area is 170 Å². The number of benzene rings is 2. The first-order valence-corrected chi connectivity index (χ1v) is 10.7. The summed E-state index contributed by atoms with van der Waals surface area (Å²) in [6.07, 6.45) is 4.95. The molecule has 0 spiro atoms. The highest BCUT2D eigenvalue weighted by Crippen LogP contribution is 2.58. The number of aryl methyl sites for hydroxylation is 2. The molecule has 0 aromatic heterocycles. The molecule has 152 valence electrons. The molecule has 0 saturated heterocycles. The Morgan fingerprint density at radius 1 is 0.679 bits per heavy atom. The van der Waals surface area contributed by atoms with Gasteiger partial charge in [0.25, 0.3) is 0 Å². The zero-order valence-electron chi connectivity index (χ0n) is 18.4. The van der Waals surface area contributed by atoms with Crippen LogP contribution in [0.3, 0.4) is 0 Å². The monoisotopic (exact) mass is 380 g/mol. The van der Waals surface area contributed by atoms with Crippen molar-refractivity contribution in [1.29, 1.82) is 0 Å². The Balaban J connectivity index is 2.28. The molecular formula is C26H36O2. The van der Waals surface area contributed by atoms with Crippen molar-refractivity contribution in [3.8, 4) is 11.5 Å². The molecule has 0 atom stereocenters. The molecule has 1 aliphatic carbocycles. The van der Waals surface area contributed by atoms with Crippen molar-refractivity contribution in [2.24, 2.45) is 10.8 Å². The van der Waals surface area contributed by atoms with Crippen molar-refractivity contribution in [3.63, 3.8) is 0 Å². The molecule has 0 unspecified atom stereocenters. The third-order valence-corrected chi connectivity index (χ3v) is 6.54.